The number of hydrogen-bond acceptors (Lipinski definition) is 5. The summed E-state index contributed by atoms with van der Waals surface area (Å²) >= 11 is 1.42. The Kier molecular flexibility index (Phi) is 5.30. The van der Waals surface area contributed by atoms with E-state index in [1.807, 2.05) is 31.2 Å². The van der Waals surface area contributed by atoms with Gasteiger partial charge in [-0.25, -0.2) is 4.98 Å². The summed E-state index contributed by atoms with van der Waals surface area (Å²) < 4.78 is 10.4. The highest BCUT2D eigenvalue weighted by molar-refractivity contribution is 7.13. The molecule has 0 bridgehead atoms. The highest BCUT2D eigenvalue weighted by Gasteiger charge is 2.14. The van der Waals surface area contributed by atoms with Crippen LogP contribution >= 0.6 is 11.3 Å². The van der Waals surface area contributed by atoms with E-state index in [0.717, 1.165) is 16.3 Å². The number of carbonyl (C=O) groups is 1. The van der Waals surface area contributed by atoms with Gasteiger partial charge in [0.05, 0.1) is 18.8 Å². The summed E-state index contributed by atoms with van der Waals surface area (Å²) in [6, 6.07) is 7.61. The minimum absolute atomic E-state index is 0.0266. The Balaban J connectivity index is 2.12. The number of hydrogen-bond donors (Lipinski definition) is 1. The summed E-state index contributed by atoms with van der Waals surface area (Å²) in [5, 5.41) is 5.30. The monoisotopic (exact) mass is 306 g/mol. The molecule has 112 valence electrons. The molecule has 0 aliphatic heterocycles. The van der Waals surface area contributed by atoms with Crippen LogP contribution in [0.4, 0.5) is 0 Å². The van der Waals surface area contributed by atoms with Crippen molar-refractivity contribution in [3.8, 4) is 16.3 Å². The molecule has 0 fully saturated rings. The first-order valence-electron chi connectivity index (χ1n) is 6.55. The Bertz CT molecular complexity index is 612. The summed E-state index contributed by atoms with van der Waals surface area (Å²) in [6.45, 7) is 2.35. The van der Waals surface area contributed by atoms with E-state index >= 15 is 0 Å². The average Bonchev–Trinajstić information content (AvgIpc) is 3.02. The van der Waals surface area contributed by atoms with E-state index < -0.39 is 0 Å². The Morgan fingerprint density at radius 3 is 2.86 bits per heavy atom. The van der Waals surface area contributed by atoms with Gasteiger partial charge in [-0.1, -0.05) is 12.1 Å². The molecule has 0 aliphatic carbocycles. The second-order valence-electron chi connectivity index (χ2n) is 4.49. The highest BCUT2D eigenvalue weighted by Crippen LogP contribution is 2.31. The van der Waals surface area contributed by atoms with Crippen LogP contribution < -0.4 is 10.1 Å². The molecule has 1 aromatic carbocycles. The van der Waals surface area contributed by atoms with Crippen LogP contribution in [-0.2, 0) is 4.74 Å². The number of benzene rings is 1. The second kappa shape index (κ2) is 7.19. The molecular formula is C15H18N2O3S. The molecule has 0 saturated carbocycles. The Morgan fingerprint density at radius 1 is 1.38 bits per heavy atom. The van der Waals surface area contributed by atoms with Crippen LogP contribution in [0.25, 0.3) is 10.6 Å². The van der Waals surface area contributed by atoms with Gasteiger partial charge < -0.3 is 14.8 Å². The number of nitrogens with one attached hydrogen (secondary N) is 1. The topological polar surface area (TPSA) is 60.5 Å². The van der Waals surface area contributed by atoms with Crippen LogP contribution in [0.3, 0.4) is 0 Å². The maximum absolute atomic E-state index is 12.0. The lowest BCUT2D eigenvalue weighted by molar-refractivity contribution is 0.0867. The minimum Gasteiger partial charge on any atom is -0.496 e. The second-order valence-corrected chi connectivity index (χ2v) is 5.35. The van der Waals surface area contributed by atoms with Crippen molar-refractivity contribution in [1.82, 2.24) is 10.3 Å². The fraction of sp³-hybridized carbons (Fsp3) is 0.333. The Morgan fingerprint density at radius 2 is 2.14 bits per heavy atom. The number of para-hydroxylation sites is 1. The van der Waals surface area contributed by atoms with Gasteiger partial charge in [0.25, 0.3) is 5.91 Å². The number of carbonyl (C=O) groups excluding carboxylic acids is 1. The zero-order valence-electron chi connectivity index (χ0n) is 12.3. The normalized spacial score (nSPS) is 12.0. The zero-order valence-corrected chi connectivity index (χ0v) is 13.1. The molecule has 1 N–H and O–H groups in total. The lowest BCUT2D eigenvalue weighted by Crippen LogP contribution is -2.31. The van der Waals surface area contributed by atoms with Gasteiger partial charge >= 0.3 is 0 Å². The first kappa shape index (κ1) is 15.5. The van der Waals surface area contributed by atoms with Gasteiger partial charge in [0.2, 0.25) is 0 Å². The van der Waals surface area contributed by atoms with E-state index in [0.29, 0.717) is 12.2 Å². The molecule has 0 unspecified atom stereocenters. The predicted octanol–water partition coefficient (Wildman–Crippen LogP) is 2.58. The molecule has 5 nitrogen and oxygen atoms in total. The zero-order chi connectivity index (χ0) is 15.2. The van der Waals surface area contributed by atoms with Gasteiger partial charge in [-0.3, -0.25) is 4.79 Å². The van der Waals surface area contributed by atoms with E-state index in [4.69, 9.17) is 9.47 Å². The van der Waals surface area contributed by atoms with Crippen molar-refractivity contribution in [3.05, 3.63) is 35.3 Å². The van der Waals surface area contributed by atoms with E-state index in [1.165, 1.54) is 11.3 Å². The number of methoxy groups -OCH3 is 2. The fourth-order valence-corrected chi connectivity index (χ4v) is 2.56. The summed E-state index contributed by atoms with van der Waals surface area (Å²) in [5.41, 5.74) is 1.29. The number of ether oxygens (including phenoxy) is 2. The van der Waals surface area contributed by atoms with Gasteiger partial charge in [-0.15, -0.1) is 11.3 Å². The van der Waals surface area contributed by atoms with Gasteiger partial charge in [-0.05, 0) is 19.1 Å². The molecule has 1 heterocycles. The summed E-state index contributed by atoms with van der Waals surface area (Å²) in [6.07, 6.45) is -0.0266. The molecule has 1 aromatic heterocycles. The van der Waals surface area contributed by atoms with Crippen molar-refractivity contribution >= 4 is 17.2 Å². The molecule has 2 aromatic rings. The van der Waals surface area contributed by atoms with Crippen molar-refractivity contribution in [3.63, 3.8) is 0 Å². The van der Waals surface area contributed by atoms with Gasteiger partial charge in [0.1, 0.15) is 16.5 Å². The number of rotatable bonds is 6. The molecule has 0 saturated heterocycles. The largest absolute Gasteiger partial charge is 0.496 e. The van der Waals surface area contributed by atoms with Crippen LogP contribution in [0.2, 0.25) is 0 Å². The maximum atomic E-state index is 12.0. The summed E-state index contributed by atoms with van der Waals surface area (Å²) in [4.78, 5) is 16.4. The minimum atomic E-state index is -0.198. The SMILES string of the molecule is COc1ccccc1-c1nc(C(=O)NC[C@H](C)OC)cs1. The molecule has 21 heavy (non-hydrogen) atoms. The number of thiazole rings is 1. The molecule has 0 radical (unpaired) electrons. The Labute approximate surface area is 127 Å². The number of aromatic nitrogens is 1. The van der Waals surface area contributed by atoms with Crippen LogP contribution in [0.1, 0.15) is 17.4 Å². The fourth-order valence-electron chi connectivity index (χ4n) is 1.73. The first-order valence-corrected chi connectivity index (χ1v) is 7.43. The highest BCUT2D eigenvalue weighted by atomic mass is 32.1. The van der Waals surface area contributed by atoms with Crippen molar-refractivity contribution < 1.29 is 14.3 Å². The van der Waals surface area contributed by atoms with Crippen molar-refractivity contribution in [2.45, 2.75) is 13.0 Å². The van der Waals surface area contributed by atoms with Crippen LogP contribution in [-0.4, -0.2) is 37.8 Å². The molecule has 6 heteroatoms. The first-order chi connectivity index (χ1) is 10.2. The molecule has 2 rings (SSSR count). The van der Waals surface area contributed by atoms with Crippen molar-refractivity contribution in [2.24, 2.45) is 0 Å². The quantitative estimate of drug-likeness (QED) is 0.891. The molecule has 0 spiro atoms. The maximum Gasteiger partial charge on any atom is 0.270 e. The Hall–Kier alpha value is -1.92. The summed E-state index contributed by atoms with van der Waals surface area (Å²) in [5.74, 6) is 0.545. The van der Waals surface area contributed by atoms with Gasteiger partial charge in [0, 0.05) is 19.0 Å². The summed E-state index contributed by atoms with van der Waals surface area (Å²) in [7, 11) is 3.23. The van der Waals surface area contributed by atoms with Crippen molar-refractivity contribution in [1.29, 1.82) is 0 Å². The van der Waals surface area contributed by atoms with E-state index in [2.05, 4.69) is 10.3 Å². The van der Waals surface area contributed by atoms with Gasteiger partial charge in [-0.2, -0.15) is 0 Å². The average molecular weight is 306 g/mol. The smallest absolute Gasteiger partial charge is 0.270 e. The number of amides is 1. The third kappa shape index (κ3) is 3.80. The van der Waals surface area contributed by atoms with Gasteiger partial charge in [0.15, 0.2) is 0 Å². The molecule has 1 amide bonds. The molecular weight excluding hydrogens is 288 g/mol. The third-order valence-corrected chi connectivity index (χ3v) is 3.90. The van der Waals surface area contributed by atoms with Crippen LogP contribution in [0.5, 0.6) is 5.75 Å². The molecule has 0 aliphatic rings. The van der Waals surface area contributed by atoms with Crippen LogP contribution in [0.15, 0.2) is 29.6 Å². The number of nitrogens with zero attached hydrogens (tertiary/aromatic N) is 1. The lowest BCUT2D eigenvalue weighted by atomic mass is 10.2. The van der Waals surface area contributed by atoms with Crippen molar-refractivity contribution in [2.75, 3.05) is 20.8 Å². The molecule has 1 atom stereocenters. The lowest BCUT2D eigenvalue weighted by Gasteiger charge is -2.09. The van der Waals surface area contributed by atoms with E-state index in [-0.39, 0.29) is 12.0 Å². The standard InChI is InChI=1S/C15H18N2O3S/c1-10(19-2)8-16-14(18)12-9-21-15(17-12)11-6-4-5-7-13(11)20-3/h4-7,9-10H,8H2,1-3H3,(H,16,18)/t10-/m0/s1. The third-order valence-electron chi connectivity index (χ3n) is 3.03. The predicted molar refractivity (Wildman–Crippen MR) is 82.9 cm³/mol. The van der Waals surface area contributed by atoms with Crippen LogP contribution in [0, 0.1) is 0 Å². The van der Waals surface area contributed by atoms with E-state index in [9.17, 15) is 4.79 Å². The van der Waals surface area contributed by atoms with E-state index in [1.54, 1.807) is 19.6 Å².